The van der Waals surface area contributed by atoms with Gasteiger partial charge in [-0.3, -0.25) is 9.69 Å². The van der Waals surface area contributed by atoms with Crippen molar-refractivity contribution in [1.29, 1.82) is 0 Å². The molecule has 2 atom stereocenters. The van der Waals surface area contributed by atoms with Gasteiger partial charge in [0.05, 0.1) is 12.7 Å². The number of ether oxygens (including phenoxy) is 1. The fraction of sp³-hybridized carbons (Fsp3) is 0.850. The van der Waals surface area contributed by atoms with Gasteiger partial charge in [0.1, 0.15) is 0 Å². The van der Waals surface area contributed by atoms with Crippen LogP contribution in [0.4, 0.5) is 0 Å². The molecule has 5 heteroatoms. The monoisotopic (exact) mass is 349 g/mol. The van der Waals surface area contributed by atoms with Crippen LogP contribution in [0, 0.1) is 0 Å². The molecule has 2 heterocycles. The van der Waals surface area contributed by atoms with Crippen LogP contribution in [-0.4, -0.2) is 86.2 Å². The minimum absolute atomic E-state index is 0.294. The number of nitrogens with zero attached hydrogens (tertiary/aromatic N) is 3. The number of morpholine rings is 1. The molecule has 1 aliphatic carbocycles. The van der Waals surface area contributed by atoms with Gasteiger partial charge in [0, 0.05) is 45.2 Å². The van der Waals surface area contributed by atoms with Crippen LogP contribution in [0.2, 0.25) is 0 Å². The summed E-state index contributed by atoms with van der Waals surface area (Å²) in [6.07, 6.45) is 10.1. The Morgan fingerprint density at radius 1 is 1.24 bits per heavy atom. The number of amides is 1. The lowest BCUT2D eigenvalue weighted by molar-refractivity contribution is -0.130. The van der Waals surface area contributed by atoms with E-state index in [9.17, 15) is 4.79 Å². The fourth-order valence-electron chi connectivity index (χ4n) is 4.39. The van der Waals surface area contributed by atoms with Crippen molar-refractivity contribution in [3.05, 3.63) is 11.6 Å². The molecule has 2 saturated heterocycles. The third-order valence-electron chi connectivity index (χ3n) is 5.94. The molecule has 3 aliphatic rings. The fourth-order valence-corrected chi connectivity index (χ4v) is 4.39. The van der Waals surface area contributed by atoms with E-state index in [1.807, 2.05) is 0 Å². The maximum atomic E-state index is 12.7. The van der Waals surface area contributed by atoms with Crippen LogP contribution < -0.4 is 0 Å². The first-order chi connectivity index (χ1) is 12.1. The van der Waals surface area contributed by atoms with Gasteiger partial charge < -0.3 is 14.5 Å². The van der Waals surface area contributed by atoms with Gasteiger partial charge in [-0.05, 0) is 52.6 Å². The van der Waals surface area contributed by atoms with E-state index in [1.54, 1.807) is 0 Å². The molecule has 1 amide bonds. The Kier molecular flexibility index (Phi) is 6.91. The lowest BCUT2D eigenvalue weighted by Gasteiger charge is -2.40. The van der Waals surface area contributed by atoms with Crippen molar-refractivity contribution in [3.8, 4) is 0 Å². The first-order valence-electron chi connectivity index (χ1n) is 10.1. The van der Waals surface area contributed by atoms with Crippen LogP contribution >= 0.6 is 0 Å². The van der Waals surface area contributed by atoms with E-state index < -0.39 is 0 Å². The van der Waals surface area contributed by atoms with E-state index >= 15 is 0 Å². The molecule has 0 aromatic heterocycles. The van der Waals surface area contributed by atoms with Gasteiger partial charge in [-0.2, -0.15) is 0 Å². The molecule has 0 saturated carbocycles. The second-order valence-electron chi connectivity index (χ2n) is 8.06. The number of likely N-dealkylation sites (tertiary alicyclic amines) is 1. The predicted octanol–water partition coefficient (Wildman–Crippen LogP) is 2.13. The average Bonchev–Trinajstić information content (AvgIpc) is 2.84. The number of carbonyl (C=O) groups excluding carboxylic acids is 1. The average molecular weight is 350 g/mol. The van der Waals surface area contributed by atoms with Gasteiger partial charge in [0.15, 0.2) is 0 Å². The topological polar surface area (TPSA) is 36.0 Å². The molecule has 2 fully saturated rings. The normalized spacial score (nSPS) is 28.4. The van der Waals surface area contributed by atoms with Crippen LogP contribution in [0.3, 0.4) is 0 Å². The maximum Gasteiger partial charge on any atom is 0.226 e. The Balaban J connectivity index is 1.55. The number of likely N-dealkylation sites (N-methyl/N-ethyl adjacent to an activating group) is 1. The highest BCUT2D eigenvalue weighted by Crippen LogP contribution is 2.25. The minimum Gasteiger partial charge on any atom is -0.375 e. The highest BCUT2D eigenvalue weighted by Gasteiger charge is 2.35. The van der Waals surface area contributed by atoms with Crippen LogP contribution in [0.5, 0.6) is 0 Å². The van der Waals surface area contributed by atoms with E-state index in [1.165, 1.54) is 18.4 Å². The van der Waals surface area contributed by atoms with Crippen molar-refractivity contribution in [2.45, 2.75) is 57.1 Å². The molecule has 0 aromatic carbocycles. The minimum atomic E-state index is 0.294. The summed E-state index contributed by atoms with van der Waals surface area (Å²) < 4.78 is 6.07. The van der Waals surface area contributed by atoms with Gasteiger partial charge in [0.2, 0.25) is 5.91 Å². The molecule has 0 radical (unpaired) electrons. The molecule has 3 rings (SSSR count). The Morgan fingerprint density at radius 2 is 2.08 bits per heavy atom. The van der Waals surface area contributed by atoms with Crippen molar-refractivity contribution in [1.82, 2.24) is 14.7 Å². The lowest BCUT2D eigenvalue weighted by Crippen LogP contribution is -2.52. The highest BCUT2D eigenvalue weighted by molar-refractivity contribution is 5.78. The zero-order valence-corrected chi connectivity index (χ0v) is 16.1. The van der Waals surface area contributed by atoms with Crippen molar-refractivity contribution in [3.63, 3.8) is 0 Å². The van der Waals surface area contributed by atoms with Crippen molar-refractivity contribution in [2.75, 3.05) is 53.4 Å². The van der Waals surface area contributed by atoms with Gasteiger partial charge in [-0.15, -0.1) is 0 Å². The zero-order valence-electron chi connectivity index (χ0n) is 16.1. The van der Waals surface area contributed by atoms with E-state index in [-0.39, 0.29) is 0 Å². The van der Waals surface area contributed by atoms with Gasteiger partial charge in [-0.25, -0.2) is 0 Å². The number of fused-ring (bicyclic) bond motifs is 1. The summed E-state index contributed by atoms with van der Waals surface area (Å²) in [4.78, 5) is 19.7. The van der Waals surface area contributed by atoms with E-state index in [0.717, 1.165) is 65.0 Å². The summed E-state index contributed by atoms with van der Waals surface area (Å²) in [6, 6.07) is 0.473. The van der Waals surface area contributed by atoms with Gasteiger partial charge in [0.25, 0.3) is 0 Å². The Labute approximate surface area is 153 Å². The quantitative estimate of drug-likeness (QED) is 0.713. The first-order valence-corrected chi connectivity index (χ1v) is 10.1. The van der Waals surface area contributed by atoms with Crippen molar-refractivity contribution >= 4 is 5.91 Å². The van der Waals surface area contributed by atoms with E-state index in [4.69, 9.17) is 4.74 Å². The first kappa shape index (κ1) is 18.9. The summed E-state index contributed by atoms with van der Waals surface area (Å²) in [5.74, 6) is 0.326. The number of allylic oxidation sites excluding steroid dienone is 1. The third-order valence-corrected chi connectivity index (χ3v) is 5.94. The smallest absolute Gasteiger partial charge is 0.226 e. The predicted molar refractivity (Wildman–Crippen MR) is 101 cm³/mol. The molecule has 0 bridgehead atoms. The molecule has 25 heavy (non-hydrogen) atoms. The van der Waals surface area contributed by atoms with E-state index in [2.05, 4.69) is 34.9 Å². The number of carbonyl (C=O) groups is 1. The molecule has 0 spiro atoms. The summed E-state index contributed by atoms with van der Waals surface area (Å²) >= 11 is 0. The number of rotatable bonds is 5. The number of hydrogen-bond donors (Lipinski definition) is 0. The van der Waals surface area contributed by atoms with E-state index in [0.29, 0.717) is 24.5 Å². The van der Waals surface area contributed by atoms with Gasteiger partial charge in [-0.1, -0.05) is 11.6 Å². The molecular formula is C20H35N3O2. The third kappa shape index (κ3) is 5.28. The summed E-state index contributed by atoms with van der Waals surface area (Å²) in [7, 11) is 4.26. The Bertz CT molecular complexity index is 478. The Morgan fingerprint density at radius 3 is 2.84 bits per heavy atom. The van der Waals surface area contributed by atoms with Crippen LogP contribution in [-0.2, 0) is 9.53 Å². The van der Waals surface area contributed by atoms with Crippen molar-refractivity contribution in [2.24, 2.45) is 0 Å². The van der Waals surface area contributed by atoms with Crippen LogP contribution in [0.15, 0.2) is 11.6 Å². The largest absolute Gasteiger partial charge is 0.375 e. The SMILES string of the molecule is CN(C)CCN1CCOC2CCN(C(=O)CC3=CCCCC3)CCC21. The summed E-state index contributed by atoms with van der Waals surface area (Å²) in [5, 5.41) is 0. The second-order valence-corrected chi connectivity index (χ2v) is 8.06. The molecule has 0 N–H and O–H groups in total. The Hall–Kier alpha value is -0.910. The lowest BCUT2D eigenvalue weighted by atomic mass is 9.97. The van der Waals surface area contributed by atoms with Crippen molar-refractivity contribution < 1.29 is 9.53 Å². The number of hydrogen-bond acceptors (Lipinski definition) is 4. The summed E-state index contributed by atoms with van der Waals surface area (Å²) in [5.41, 5.74) is 1.36. The second kappa shape index (κ2) is 9.15. The molecule has 2 aliphatic heterocycles. The maximum absolute atomic E-state index is 12.7. The van der Waals surface area contributed by atoms with Gasteiger partial charge >= 0.3 is 0 Å². The van der Waals surface area contributed by atoms with Crippen LogP contribution in [0.1, 0.15) is 44.9 Å². The zero-order chi connectivity index (χ0) is 17.6. The molecule has 5 nitrogen and oxygen atoms in total. The molecule has 0 aromatic rings. The summed E-state index contributed by atoms with van der Waals surface area (Å²) in [6.45, 7) is 5.77. The highest BCUT2D eigenvalue weighted by atomic mass is 16.5. The van der Waals surface area contributed by atoms with Crippen LogP contribution in [0.25, 0.3) is 0 Å². The standard InChI is InChI=1S/C20H35N3O2/c1-21(2)12-13-22-14-15-25-19-9-11-23(10-8-18(19)22)20(24)16-17-6-4-3-5-7-17/h6,18-19H,3-5,7-16H2,1-2H3. The molecule has 2 unspecified atom stereocenters. The molecule has 142 valence electrons. The molecular weight excluding hydrogens is 314 g/mol.